The summed E-state index contributed by atoms with van der Waals surface area (Å²) < 4.78 is 1.42. The van der Waals surface area contributed by atoms with Crippen molar-refractivity contribution in [1.82, 2.24) is 24.3 Å². The van der Waals surface area contributed by atoms with Gasteiger partial charge in [0.15, 0.2) is 0 Å². The van der Waals surface area contributed by atoms with Crippen molar-refractivity contribution in [3.63, 3.8) is 0 Å². The molecular formula is C24H25N5O3. The molecule has 4 heterocycles. The number of hydrogen-bond donors (Lipinski definition) is 0. The summed E-state index contributed by atoms with van der Waals surface area (Å²) in [4.78, 5) is 50.7. The van der Waals surface area contributed by atoms with Crippen molar-refractivity contribution in [2.24, 2.45) is 7.05 Å². The van der Waals surface area contributed by atoms with Gasteiger partial charge in [-0.15, -0.1) is 0 Å². The molecule has 0 atom stereocenters. The molecule has 0 aliphatic carbocycles. The first-order valence-corrected chi connectivity index (χ1v) is 10.5. The van der Waals surface area contributed by atoms with Gasteiger partial charge in [-0.3, -0.25) is 24.4 Å². The Balaban J connectivity index is 1.57. The summed E-state index contributed by atoms with van der Waals surface area (Å²) in [5.74, 6) is -0.357. The van der Waals surface area contributed by atoms with Crippen LogP contribution in [0.4, 0.5) is 0 Å². The molecule has 0 fully saturated rings. The smallest absolute Gasteiger partial charge is 0.263 e. The van der Waals surface area contributed by atoms with E-state index in [0.29, 0.717) is 26.1 Å². The van der Waals surface area contributed by atoms with Crippen LogP contribution in [0, 0.1) is 0 Å². The lowest BCUT2D eigenvalue weighted by atomic mass is 9.95. The zero-order valence-electron chi connectivity index (χ0n) is 18.2. The van der Waals surface area contributed by atoms with Crippen molar-refractivity contribution < 1.29 is 9.59 Å². The molecule has 0 spiro atoms. The number of amides is 2. The normalized spacial score (nSPS) is 12.9. The van der Waals surface area contributed by atoms with E-state index in [9.17, 15) is 14.4 Å². The first-order chi connectivity index (χ1) is 15.4. The van der Waals surface area contributed by atoms with Crippen molar-refractivity contribution in [2.75, 3.05) is 13.6 Å². The maximum Gasteiger partial charge on any atom is 0.263 e. The Bertz CT molecular complexity index is 1190. The van der Waals surface area contributed by atoms with Gasteiger partial charge in [-0.1, -0.05) is 12.1 Å². The van der Waals surface area contributed by atoms with Crippen LogP contribution in [0.3, 0.4) is 0 Å². The van der Waals surface area contributed by atoms with Crippen LogP contribution in [0.15, 0.2) is 59.8 Å². The van der Waals surface area contributed by atoms with E-state index >= 15 is 0 Å². The van der Waals surface area contributed by atoms with Crippen LogP contribution in [0.1, 0.15) is 32.9 Å². The Morgan fingerprint density at radius 1 is 1.06 bits per heavy atom. The van der Waals surface area contributed by atoms with E-state index in [-0.39, 0.29) is 29.4 Å². The van der Waals surface area contributed by atoms with Gasteiger partial charge < -0.3 is 14.4 Å². The van der Waals surface area contributed by atoms with Gasteiger partial charge >= 0.3 is 0 Å². The largest absolute Gasteiger partial charge is 0.338 e. The van der Waals surface area contributed by atoms with Crippen molar-refractivity contribution in [1.29, 1.82) is 0 Å². The van der Waals surface area contributed by atoms with Crippen molar-refractivity contribution in [3.05, 3.63) is 93.4 Å². The highest BCUT2D eigenvalue weighted by Gasteiger charge is 2.29. The molecule has 4 rings (SSSR count). The second kappa shape index (κ2) is 9.13. The molecule has 3 aromatic heterocycles. The van der Waals surface area contributed by atoms with Gasteiger partial charge in [0.2, 0.25) is 5.91 Å². The average molecular weight is 431 g/mol. The number of rotatable bonds is 5. The molecule has 0 radical (unpaired) electrons. The predicted octanol–water partition coefficient (Wildman–Crippen LogP) is 1.57. The molecule has 0 aromatic carbocycles. The van der Waals surface area contributed by atoms with Gasteiger partial charge in [0.1, 0.15) is 5.56 Å². The molecule has 32 heavy (non-hydrogen) atoms. The number of hydrogen-bond acceptors (Lipinski definition) is 5. The zero-order valence-corrected chi connectivity index (χ0v) is 18.2. The highest BCUT2D eigenvalue weighted by Crippen LogP contribution is 2.22. The molecule has 0 bridgehead atoms. The second-order valence-electron chi connectivity index (χ2n) is 7.97. The maximum atomic E-state index is 13.2. The van der Waals surface area contributed by atoms with E-state index < -0.39 is 0 Å². The summed E-state index contributed by atoms with van der Waals surface area (Å²) in [6, 6.07) is 11.0. The van der Waals surface area contributed by atoms with E-state index in [2.05, 4.69) is 9.97 Å². The third kappa shape index (κ3) is 4.44. The van der Waals surface area contributed by atoms with Crippen molar-refractivity contribution in [3.8, 4) is 0 Å². The Kier molecular flexibility index (Phi) is 6.11. The fourth-order valence-electron chi connectivity index (χ4n) is 3.99. The Hall–Kier alpha value is -3.81. The third-order valence-corrected chi connectivity index (χ3v) is 5.66. The van der Waals surface area contributed by atoms with Crippen LogP contribution < -0.4 is 5.56 Å². The van der Waals surface area contributed by atoms with Crippen LogP contribution in [-0.2, 0) is 37.8 Å². The average Bonchev–Trinajstić information content (AvgIpc) is 2.80. The molecule has 0 saturated heterocycles. The number of carbonyl (C=O) groups is 2. The van der Waals surface area contributed by atoms with E-state index in [0.717, 1.165) is 22.5 Å². The second-order valence-corrected chi connectivity index (χ2v) is 7.97. The lowest BCUT2D eigenvalue weighted by molar-refractivity contribution is -0.131. The quantitative estimate of drug-likeness (QED) is 0.612. The molecule has 164 valence electrons. The van der Waals surface area contributed by atoms with E-state index in [1.807, 2.05) is 36.4 Å². The lowest BCUT2D eigenvalue weighted by Gasteiger charge is -2.31. The van der Waals surface area contributed by atoms with Crippen LogP contribution in [0.2, 0.25) is 0 Å². The number of pyridine rings is 3. The van der Waals surface area contributed by atoms with Gasteiger partial charge in [-0.2, -0.15) is 0 Å². The predicted molar refractivity (Wildman–Crippen MR) is 119 cm³/mol. The molecule has 8 nitrogen and oxygen atoms in total. The lowest BCUT2D eigenvalue weighted by Crippen LogP contribution is -2.41. The van der Waals surface area contributed by atoms with E-state index in [1.165, 1.54) is 9.47 Å². The summed E-state index contributed by atoms with van der Waals surface area (Å²) in [6.07, 6.45) is 5.75. The number of aromatic nitrogens is 3. The molecule has 1 aliphatic heterocycles. The Morgan fingerprint density at radius 3 is 2.41 bits per heavy atom. The molecular weight excluding hydrogens is 406 g/mol. The molecule has 2 amide bonds. The number of fused-ring (bicyclic) bond motifs is 1. The minimum atomic E-state index is -0.332. The monoisotopic (exact) mass is 431 g/mol. The van der Waals surface area contributed by atoms with Gasteiger partial charge in [-0.25, -0.2) is 0 Å². The molecule has 0 saturated carbocycles. The zero-order chi connectivity index (χ0) is 22.7. The summed E-state index contributed by atoms with van der Waals surface area (Å²) in [7, 11) is 3.30. The minimum Gasteiger partial charge on any atom is -0.338 e. The highest BCUT2D eigenvalue weighted by molar-refractivity contribution is 5.95. The van der Waals surface area contributed by atoms with Crippen LogP contribution in [-0.4, -0.2) is 49.7 Å². The van der Waals surface area contributed by atoms with Crippen molar-refractivity contribution >= 4 is 11.8 Å². The first kappa shape index (κ1) is 21.4. The topological polar surface area (TPSA) is 88.4 Å². The number of carbonyl (C=O) groups excluding carboxylic acids is 2. The molecule has 0 unspecified atom stereocenters. The Morgan fingerprint density at radius 2 is 1.75 bits per heavy atom. The standard InChI is InChI=1S/C24H25N5O3/c1-27-14-17-15-29(21(30)13-18-7-3-5-10-25-18)12-9-20(17)22(23(27)31)24(32)28(2)16-19-8-4-6-11-26-19/h3-8,10-11,14H,9,12-13,15-16H2,1-2H3. The molecule has 3 aromatic rings. The van der Waals surface area contributed by atoms with Crippen molar-refractivity contribution in [2.45, 2.75) is 25.9 Å². The van der Waals surface area contributed by atoms with E-state index in [4.69, 9.17) is 0 Å². The van der Waals surface area contributed by atoms with Crippen LogP contribution in [0.25, 0.3) is 0 Å². The number of aryl methyl sites for hydroxylation is 1. The maximum absolute atomic E-state index is 13.2. The van der Waals surface area contributed by atoms with Crippen LogP contribution in [0.5, 0.6) is 0 Å². The third-order valence-electron chi connectivity index (χ3n) is 5.66. The fourth-order valence-corrected chi connectivity index (χ4v) is 3.99. The highest BCUT2D eigenvalue weighted by atomic mass is 16.2. The SMILES string of the molecule is CN(Cc1ccccn1)C(=O)c1c2c(cn(C)c1=O)CN(C(=O)Cc1ccccn1)CC2. The minimum absolute atomic E-state index is 0.0247. The molecule has 8 heteroatoms. The summed E-state index contributed by atoms with van der Waals surface area (Å²) in [5.41, 5.74) is 2.87. The Labute approximate surface area is 186 Å². The van der Waals surface area contributed by atoms with Crippen LogP contribution >= 0.6 is 0 Å². The first-order valence-electron chi connectivity index (χ1n) is 10.5. The number of nitrogens with zero attached hydrogens (tertiary/aromatic N) is 5. The summed E-state index contributed by atoms with van der Waals surface area (Å²) >= 11 is 0. The summed E-state index contributed by atoms with van der Waals surface area (Å²) in [6.45, 7) is 1.12. The van der Waals surface area contributed by atoms with Gasteiger partial charge in [0.25, 0.3) is 11.5 Å². The van der Waals surface area contributed by atoms with E-state index in [1.54, 1.807) is 37.6 Å². The van der Waals surface area contributed by atoms with Gasteiger partial charge in [-0.05, 0) is 41.8 Å². The van der Waals surface area contributed by atoms with Gasteiger partial charge in [0.05, 0.1) is 18.7 Å². The molecule has 1 aliphatic rings. The molecule has 0 N–H and O–H groups in total. The summed E-state index contributed by atoms with van der Waals surface area (Å²) in [5, 5.41) is 0. The fraction of sp³-hybridized carbons (Fsp3) is 0.292. The van der Waals surface area contributed by atoms with Gasteiger partial charge in [0, 0.05) is 51.5 Å².